The smallest absolute Gasteiger partial charge is 0.251 e. The lowest BCUT2D eigenvalue weighted by Crippen LogP contribution is -2.49. The van der Waals surface area contributed by atoms with Crippen LogP contribution in [0.5, 0.6) is 0 Å². The maximum absolute atomic E-state index is 12.9. The van der Waals surface area contributed by atoms with Gasteiger partial charge in [-0.1, -0.05) is 58.9 Å². The average Bonchev–Trinajstić information content (AvgIpc) is 3.21. The molecule has 6 heteroatoms. The number of carbonyl (C=O) groups excluding carboxylic acids is 3. The van der Waals surface area contributed by atoms with E-state index in [1.807, 2.05) is 50.2 Å². The van der Waals surface area contributed by atoms with Crippen LogP contribution in [0, 0.1) is 5.92 Å². The molecular weight excluding hydrogens is 414 g/mol. The zero-order valence-corrected chi connectivity index (χ0v) is 20.3. The number of amides is 3. The van der Waals surface area contributed by atoms with Gasteiger partial charge in [-0.15, -0.1) is 0 Å². The van der Waals surface area contributed by atoms with Crippen molar-refractivity contribution in [3.8, 4) is 0 Å². The molecule has 2 aromatic carbocycles. The molecule has 33 heavy (non-hydrogen) atoms. The van der Waals surface area contributed by atoms with Crippen LogP contribution < -0.4 is 15.5 Å². The maximum Gasteiger partial charge on any atom is 0.251 e. The Kier molecular flexibility index (Phi) is 7.57. The Labute approximate surface area is 196 Å². The van der Waals surface area contributed by atoms with E-state index in [4.69, 9.17) is 0 Å². The Balaban J connectivity index is 1.58. The Morgan fingerprint density at radius 2 is 1.64 bits per heavy atom. The van der Waals surface area contributed by atoms with Crippen LogP contribution in [0.1, 0.15) is 68.9 Å². The third kappa shape index (κ3) is 6.21. The van der Waals surface area contributed by atoms with Gasteiger partial charge in [0, 0.05) is 30.8 Å². The second kappa shape index (κ2) is 10.2. The van der Waals surface area contributed by atoms with Gasteiger partial charge in [0.15, 0.2) is 0 Å². The molecule has 1 fully saturated rings. The molecule has 0 saturated carbocycles. The van der Waals surface area contributed by atoms with E-state index in [9.17, 15) is 14.4 Å². The molecule has 0 radical (unpaired) electrons. The molecule has 2 N–H and O–H groups in total. The van der Waals surface area contributed by atoms with Crippen molar-refractivity contribution >= 4 is 23.4 Å². The van der Waals surface area contributed by atoms with Gasteiger partial charge in [-0.05, 0) is 53.1 Å². The van der Waals surface area contributed by atoms with E-state index in [1.165, 1.54) is 0 Å². The molecule has 0 aliphatic carbocycles. The predicted octanol–water partition coefficient (Wildman–Crippen LogP) is 4.18. The molecule has 0 bridgehead atoms. The quantitative estimate of drug-likeness (QED) is 0.666. The van der Waals surface area contributed by atoms with Crippen LogP contribution in [0.15, 0.2) is 48.5 Å². The summed E-state index contributed by atoms with van der Waals surface area (Å²) in [5.41, 5.74) is 3.52. The van der Waals surface area contributed by atoms with Crippen molar-refractivity contribution in [2.75, 3.05) is 11.4 Å². The van der Waals surface area contributed by atoms with Gasteiger partial charge in [0.1, 0.15) is 6.04 Å². The molecule has 0 spiro atoms. The van der Waals surface area contributed by atoms with Crippen LogP contribution in [0.2, 0.25) is 0 Å². The van der Waals surface area contributed by atoms with E-state index < -0.39 is 6.04 Å². The highest BCUT2D eigenvalue weighted by molar-refractivity contribution is 5.97. The molecule has 1 heterocycles. The largest absolute Gasteiger partial charge is 0.350 e. The van der Waals surface area contributed by atoms with Crippen molar-refractivity contribution in [3.05, 3.63) is 65.2 Å². The summed E-state index contributed by atoms with van der Waals surface area (Å²) in [5.74, 6) is -0.390. The fourth-order valence-electron chi connectivity index (χ4n) is 3.90. The first-order valence-electron chi connectivity index (χ1n) is 11.6. The Bertz CT molecular complexity index is 989. The number of nitrogens with zero attached hydrogens (tertiary/aromatic N) is 1. The molecule has 1 aliphatic heterocycles. The van der Waals surface area contributed by atoms with Gasteiger partial charge >= 0.3 is 0 Å². The molecule has 1 unspecified atom stereocenters. The third-order valence-electron chi connectivity index (χ3n) is 6.04. The van der Waals surface area contributed by atoms with E-state index in [0.717, 1.165) is 29.8 Å². The fraction of sp³-hybridized carbons (Fsp3) is 0.444. The van der Waals surface area contributed by atoms with E-state index in [0.29, 0.717) is 18.5 Å². The number of anilines is 1. The van der Waals surface area contributed by atoms with Gasteiger partial charge in [0.2, 0.25) is 11.8 Å². The second-order valence-electron chi connectivity index (χ2n) is 10.1. The van der Waals surface area contributed by atoms with Crippen molar-refractivity contribution in [1.29, 1.82) is 0 Å². The van der Waals surface area contributed by atoms with E-state index in [1.54, 1.807) is 17.0 Å². The monoisotopic (exact) mass is 449 g/mol. The predicted molar refractivity (Wildman–Crippen MR) is 131 cm³/mol. The van der Waals surface area contributed by atoms with Crippen LogP contribution >= 0.6 is 0 Å². The average molecular weight is 450 g/mol. The van der Waals surface area contributed by atoms with Gasteiger partial charge in [-0.25, -0.2) is 0 Å². The lowest BCUT2D eigenvalue weighted by Gasteiger charge is -2.23. The van der Waals surface area contributed by atoms with Crippen molar-refractivity contribution in [2.45, 2.75) is 65.5 Å². The van der Waals surface area contributed by atoms with Gasteiger partial charge in [-0.3, -0.25) is 14.4 Å². The van der Waals surface area contributed by atoms with Gasteiger partial charge in [0.25, 0.3) is 5.91 Å². The summed E-state index contributed by atoms with van der Waals surface area (Å²) in [7, 11) is 0. The summed E-state index contributed by atoms with van der Waals surface area (Å²) in [6.07, 6.45) is 1.49. The lowest BCUT2D eigenvalue weighted by molar-refractivity contribution is -0.124. The highest BCUT2D eigenvalue weighted by atomic mass is 16.2. The first-order chi connectivity index (χ1) is 15.6. The minimum atomic E-state index is -0.638. The summed E-state index contributed by atoms with van der Waals surface area (Å²) >= 11 is 0. The first kappa shape index (κ1) is 24.5. The molecule has 1 atom stereocenters. The molecule has 3 amide bonds. The minimum Gasteiger partial charge on any atom is -0.350 e. The van der Waals surface area contributed by atoms with Crippen molar-refractivity contribution in [1.82, 2.24) is 10.6 Å². The van der Waals surface area contributed by atoms with E-state index in [-0.39, 0.29) is 29.1 Å². The van der Waals surface area contributed by atoms with Crippen LogP contribution in [0.3, 0.4) is 0 Å². The van der Waals surface area contributed by atoms with Crippen LogP contribution in [0.4, 0.5) is 5.69 Å². The SMILES string of the molecule is CC(C)C(NC(=O)c1ccc(C(C)(C)C)cc1)C(=O)NCc1ccc(N2CCCC2=O)cc1. The molecule has 0 aromatic heterocycles. The minimum absolute atomic E-state index is 0.0115. The van der Waals surface area contributed by atoms with Crippen LogP contribution in [-0.2, 0) is 21.5 Å². The third-order valence-corrected chi connectivity index (χ3v) is 6.04. The number of nitrogens with one attached hydrogen (secondary N) is 2. The summed E-state index contributed by atoms with van der Waals surface area (Å²) in [4.78, 5) is 39.3. The van der Waals surface area contributed by atoms with Crippen molar-refractivity contribution in [3.63, 3.8) is 0 Å². The van der Waals surface area contributed by atoms with Gasteiger partial charge < -0.3 is 15.5 Å². The number of carbonyl (C=O) groups is 3. The Hall–Kier alpha value is -3.15. The second-order valence-corrected chi connectivity index (χ2v) is 10.1. The number of hydrogen-bond acceptors (Lipinski definition) is 3. The molecule has 6 nitrogen and oxygen atoms in total. The van der Waals surface area contributed by atoms with Gasteiger partial charge in [-0.2, -0.15) is 0 Å². The maximum atomic E-state index is 12.9. The number of benzene rings is 2. The standard InChI is InChI=1S/C27H35N3O3/c1-18(2)24(29-25(32)20-10-12-21(13-11-20)27(3,4)5)26(33)28-17-19-8-14-22(15-9-19)30-16-6-7-23(30)31/h8-15,18,24H,6-7,16-17H2,1-5H3,(H,28,33)(H,29,32). The Morgan fingerprint density at radius 3 is 2.15 bits per heavy atom. The molecule has 1 saturated heterocycles. The number of hydrogen-bond donors (Lipinski definition) is 2. The summed E-state index contributed by atoms with van der Waals surface area (Å²) < 4.78 is 0. The van der Waals surface area contributed by atoms with Crippen molar-refractivity contribution in [2.24, 2.45) is 5.92 Å². The fourth-order valence-corrected chi connectivity index (χ4v) is 3.90. The normalized spacial score (nSPS) is 15.0. The van der Waals surface area contributed by atoms with Crippen LogP contribution in [-0.4, -0.2) is 30.3 Å². The summed E-state index contributed by atoms with van der Waals surface area (Å²) in [5, 5.41) is 5.81. The summed E-state index contributed by atoms with van der Waals surface area (Å²) in [6.45, 7) is 11.3. The van der Waals surface area contributed by atoms with Crippen LogP contribution in [0.25, 0.3) is 0 Å². The van der Waals surface area contributed by atoms with Crippen molar-refractivity contribution < 1.29 is 14.4 Å². The topological polar surface area (TPSA) is 78.5 Å². The van der Waals surface area contributed by atoms with Gasteiger partial charge in [0.05, 0.1) is 0 Å². The zero-order valence-electron chi connectivity index (χ0n) is 20.3. The molecular formula is C27H35N3O3. The molecule has 176 valence electrons. The van der Waals surface area contributed by atoms with E-state index in [2.05, 4.69) is 31.4 Å². The molecule has 1 aliphatic rings. The number of rotatable bonds is 7. The summed E-state index contributed by atoms with van der Waals surface area (Å²) in [6, 6.07) is 14.5. The molecule has 2 aromatic rings. The highest BCUT2D eigenvalue weighted by Crippen LogP contribution is 2.23. The highest BCUT2D eigenvalue weighted by Gasteiger charge is 2.25. The lowest BCUT2D eigenvalue weighted by atomic mass is 9.86. The first-order valence-corrected chi connectivity index (χ1v) is 11.6. The zero-order chi connectivity index (χ0) is 24.2. The van der Waals surface area contributed by atoms with E-state index >= 15 is 0 Å². The molecule has 3 rings (SSSR count). The Morgan fingerprint density at radius 1 is 1.00 bits per heavy atom.